The zero-order valence-electron chi connectivity index (χ0n) is 13.7. The molecule has 138 valence electrons. The smallest absolute Gasteiger partial charge is 0.174 e. The van der Waals surface area contributed by atoms with E-state index in [1.165, 1.54) is 0 Å². The van der Waals surface area contributed by atoms with Crippen molar-refractivity contribution in [1.29, 1.82) is 0 Å². The van der Waals surface area contributed by atoms with E-state index < -0.39 is 48.6 Å². The molecule has 2 aliphatic rings. The van der Waals surface area contributed by atoms with E-state index in [2.05, 4.69) is 0 Å². The zero-order chi connectivity index (χ0) is 18.5. The lowest BCUT2D eigenvalue weighted by atomic mass is 9.72. The van der Waals surface area contributed by atoms with Gasteiger partial charge in [0.05, 0.1) is 12.2 Å². The molecule has 1 saturated carbocycles. The lowest BCUT2D eigenvalue weighted by Gasteiger charge is -2.41. The molecule has 1 aliphatic carbocycles. The van der Waals surface area contributed by atoms with Crippen LogP contribution in [0.3, 0.4) is 0 Å². The van der Waals surface area contributed by atoms with Crippen LogP contribution in [0.2, 0.25) is 0 Å². The summed E-state index contributed by atoms with van der Waals surface area (Å²) in [4.78, 5) is 12.3. The summed E-state index contributed by atoms with van der Waals surface area (Å²) in [6.45, 7) is 1.25. The number of hydrogen-bond donors (Lipinski definition) is 6. The molecule has 25 heavy (non-hydrogen) atoms. The van der Waals surface area contributed by atoms with E-state index in [-0.39, 0.29) is 41.3 Å². The van der Waals surface area contributed by atoms with Gasteiger partial charge in [0.2, 0.25) is 0 Å². The van der Waals surface area contributed by atoms with Crippen molar-refractivity contribution >= 4 is 5.78 Å². The average molecular weight is 354 g/mol. The summed E-state index contributed by atoms with van der Waals surface area (Å²) in [5.74, 6) is -2.78. The van der Waals surface area contributed by atoms with Gasteiger partial charge in [-0.3, -0.25) is 4.79 Å². The van der Waals surface area contributed by atoms with Crippen molar-refractivity contribution in [2.75, 3.05) is 6.61 Å². The number of phenols is 2. The molecular formula is C17H22O8. The summed E-state index contributed by atoms with van der Waals surface area (Å²) >= 11 is 0. The van der Waals surface area contributed by atoms with Crippen molar-refractivity contribution < 1.29 is 40.2 Å². The van der Waals surface area contributed by atoms with Gasteiger partial charge in [0.1, 0.15) is 35.0 Å². The molecule has 6 atom stereocenters. The molecule has 0 aromatic heterocycles. The summed E-state index contributed by atoms with van der Waals surface area (Å²) in [5.41, 5.74) is 0.0175. The van der Waals surface area contributed by atoms with Gasteiger partial charge in [0.15, 0.2) is 5.78 Å². The second-order valence-electron chi connectivity index (χ2n) is 6.85. The molecule has 1 heterocycles. The van der Waals surface area contributed by atoms with Crippen LogP contribution in [0.4, 0.5) is 0 Å². The number of ketones is 1. The van der Waals surface area contributed by atoms with Gasteiger partial charge < -0.3 is 35.4 Å². The number of hydrogen-bond acceptors (Lipinski definition) is 8. The molecule has 1 aromatic carbocycles. The molecule has 6 unspecified atom stereocenters. The van der Waals surface area contributed by atoms with Crippen molar-refractivity contribution in [1.82, 2.24) is 0 Å². The number of phenolic OH excluding ortho intramolecular Hbond substituents is 2. The first-order chi connectivity index (χ1) is 11.8. The van der Waals surface area contributed by atoms with Crippen LogP contribution in [0.25, 0.3) is 0 Å². The second kappa shape index (κ2) is 6.45. The molecule has 0 saturated heterocycles. The first-order valence-corrected chi connectivity index (χ1v) is 8.20. The summed E-state index contributed by atoms with van der Waals surface area (Å²) < 4.78 is 5.67. The van der Waals surface area contributed by atoms with E-state index in [1.807, 2.05) is 0 Å². The SMILES string of the molecule is CC1CC(=O)c2c(O)cc(O)c(C3CC(CO)C(O)C(O)C3O)c2O1. The van der Waals surface area contributed by atoms with Crippen LogP contribution >= 0.6 is 0 Å². The maximum absolute atomic E-state index is 12.3. The summed E-state index contributed by atoms with van der Waals surface area (Å²) in [6, 6.07) is 1.00. The Bertz CT molecular complexity index is 686. The lowest BCUT2D eigenvalue weighted by Crippen LogP contribution is -2.51. The number of aromatic hydroxyl groups is 2. The fourth-order valence-corrected chi connectivity index (χ4v) is 3.80. The van der Waals surface area contributed by atoms with E-state index in [1.54, 1.807) is 6.92 Å². The number of Topliss-reactive ketones (excluding diaryl/α,β-unsaturated/α-hetero) is 1. The van der Waals surface area contributed by atoms with Gasteiger partial charge in [0, 0.05) is 36.5 Å². The van der Waals surface area contributed by atoms with Crippen LogP contribution in [0.1, 0.15) is 41.6 Å². The number of ether oxygens (including phenoxy) is 1. The van der Waals surface area contributed by atoms with Crippen LogP contribution in [0.5, 0.6) is 17.2 Å². The number of aliphatic hydroxyl groups excluding tert-OH is 4. The van der Waals surface area contributed by atoms with Gasteiger partial charge in [-0.05, 0) is 13.3 Å². The van der Waals surface area contributed by atoms with E-state index in [9.17, 15) is 35.4 Å². The van der Waals surface area contributed by atoms with Crippen molar-refractivity contribution in [2.24, 2.45) is 5.92 Å². The zero-order valence-corrected chi connectivity index (χ0v) is 13.7. The third-order valence-corrected chi connectivity index (χ3v) is 5.10. The fourth-order valence-electron chi connectivity index (χ4n) is 3.80. The maximum atomic E-state index is 12.3. The van der Waals surface area contributed by atoms with Gasteiger partial charge in [0.25, 0.3) is 0 Å². The quantitative estimate of drug-likeness (QED) is 0.421. The first-order valence-electron chi connectivity index (χ1n) is 8.20. The Morgan fingerprint density at radius 2 is 1.80 bits per heavy atom. The van der Waals surface area contributed by atoms with Gasteiger partial charge in [-0.2, -0.15) is 0 Å². The first kappa shape index (κ1) is 17.9. The highest BCUT2D eigenvalue weighted by molar-refractivity contribution is 6.03. The number of fused-ring (bicyclic) bond motifs is 1. The number of carbonyl (C=O) groups excluding carboxylic acids is 1. The van der Waals surface area contributed by atoms with E-state index in [4.69, 9.17) is 4.74 Å². The molecule has 3 rings (SSSR count). The lowest BCUT2D eigenvalue weighted by molar-refractivity contribution is -0.127. The van der Waals surface area contributed by atoms with Crippen molar-refractivity contribution in [3.63, 3.8) is 0 Å². The number of benzene rings is 1. The number of aliphatic hydroxyl groups is 4. The van der Waals surface area contributed by atoms with Crippen LogP contribution in [-0.4, -0.2) is 67.4 Å². The Hall–Kier alpha value is -1.87. The highest BCUT2D eigenvalue weighted by atomic mass is 16.5. The van der Waals surface area contributed by atoms with E-state index in [0.717, 1.165) is 6.07 Å². The molecule has 1 aliphatic heterocycles. The van der Waals surface area contributed by atoms with Crippen LogP contribution in [-0.2, 0) is 0 Å². The van der Waals surface area contributed by atoms with Crippen LogP contribution < -0.4 is 4.74 Å². The topological polar surface area (TPSA) is 148 Å². The third kappa shape index (κ3) is 2.85. The molecule has 6 N–H and O–H groups in total. The van der Waals surface area contributed by atoms with Gasteiger partial charge >= 0.3 is 0 Å². The highest BCUT2D eigenvalue weighted by Crippen LogP contribution is 2.49. The largest absolute Gasteiger partial charge is 0.507 e. The molecule has 8 heteroatoms. The Kier molecular flexibility index (Phi) is 4.63. The van der Waals surface area contributed by atoms with Crippen LogP contribution in [0.15, 0.2) is 6.07 Å². The summed E-state index contributed by atoms with van der Waals surface area (Å²) in [5, 5.41) is 60.2. The van der Waals surface area contributed by atoms with Crippen LogP contribution in [0, 0.1) is 5.92 Å². The maximum Gasteiger partial charge on any atom is 0.174 e. The Balaban J connectivity index is 2.14. The molecular weight excluding hydrogens is 332 g/mol. The number of rotatable bonds is 2. The minimum absolute atomic E-state index is 0.0226. The minimum atomic E-state index is -1.53. The van der Waals surface area contributed by atoms with Gasteiger partial charge in [-0.25, -0.2) is 0 Å². The molecule has 1 aromatic rings. The normalized spacial score (nSPS) is 35.2. The minimum Gasteiger partial charge on any atom is -0.507 e. The van der Waals surface area contributed by atoms with E-state index in [0.29, 0.717) is 0 Å². The fraction of sp³-hybridized carbons (Fsp3) is 0.588. The predicted molar refractivity (Wildman–Crippen MR) is 84.8 cm³/mol. The van der Waals surface area contributed by atoms with Crippen molar-refractivity contribution in [3.8, 4) is 17.2 Å². The molecule has 8 nitrogen and oxygen atoms in total. The summed E-state index contributed by atoms with van der Waals surface area (Å²) in [6.07, 6.45) is -4.63. The second-order valence-corrected chi connectivity index (χ2v) is 6.85. The monoisotopic (exact) mass is 354 g/mol. The molecule has 0 spiro atoms. The number of carbonyl (C=O) groups is 1. The highest BCUT2D eigenvalue weighted by Gasteiger charge is 2.46. The molecule has 0 amide bonds. The molecule has 0 bridgehead atoms. The summed E-state index contributed by atoms with van der Waals surface area (Å²) in [7, 11) is 0. The van der Waals surface area contributed by atoms with Gasteiger partial charge in [-0.15, -0.1) is 0 Å². The average Bonchev–Trinajstić information content (AvgIpc) is 2.53. The molecule has 1 fully saturated rings. The molecule has 0 radical (unpaired) electrons. The van der Waals surface area contributed by atoms with Crippen molar-refractivity contribution in [3.05, 3.63) is 17.2 Å². The Morgan fingerprint density at radius 1 is 1.12 bits per heavy atom. The Labute approximate surface area is 143 Å². The standard InChI is InChI=1S/C17H22O8/c1-6-2-9(19)13-11(21)4-10(20)12(17(13)25-6)8-3-7(5-18)14(22)16(24)15(8)23/h4,6-8,14-16,18,20-24H,2-3,5H2,1H3. The van der Waals surface area contributed by atoms with E-state index >= 15 is 0 Å². The third-order valence-electron chi connectivity index (χ3n) is 5.10. The predicted octanol–water partition coefficient (Wildman–Crippen LogP) is -0.370. The Morgan fingerprint density at radius 3 is 2.44 bits per heavy atom. The van der Waals surface area contributed by atoms with Gasteiger partial charge in [-0.1, -0.05) is 0 Å². The van der Waals surface area contributed by atoms with Crippen molar-refractivity contribution in [2.45, 2.75) is 50.1 Å².